The Morgan fingerprint density at radius 1 is 1.22 bits per heavy atom. The third kappa shape index (κ3) is 5.51. The molecule has 0 N–H and O–H groups in total. The molecule has 2 heterocycles. The minimum absolute atomic E-state index is 0.214. The van der Waals surface area contributed by atoms with Gasteiger partial charge in [-0.2, -0.15) is 0 Å². The van der Waals surface area contributed by atoms with Gasteiger partial charge in [-0.25, -0.2) is 9.79 Å². The first-order valence-electron chi connectivity index (χ1n) is 11.3. The molecule has 0 bridgehead atoms. The predicted molar refractivity (Wildman–Crippen MR) is 151 cm³/mol. The number of ether oxygens (including phenoxy) is 3. The van der Waals surface area contributed by atoms with E-state index in [-0.39, 0.29) is 12.2 Å². The van der Waals surface area contributed by atoms with E-state index in [2.05, 4.69) is 43.4 Å². The first-order valence-corrected chi connectivity index (χ1v) is 13.8. The van der Waals surface area contributed by atoms with Crippen molar-refractivity contribution in [1.82, 2.24) is 4.57 Å². The van der Waals surface area contributed by atoms with Crippen LogP contribution < -0.4 is 24.4 Å². The average molecular weight is 648 g/mol. The Bertz CT molecular complexity index is 1550. The molecule has 0 aliphatic carbocycles. The van der Waals surface area contributed by atoms with Crippen molar-refractivity contribution in [2.24, 2.45) is 4.99 Å². The molecule has 1 unspecified atom stereocenters. The zero-order valence-corrected chi connectivity index (χ0v) is 24.4. The molecule has 10 heteroatoms. The van der Waals surface area contributed by atoms with Crippen LogP contribution in [0.2, 0.25) is 0 Å². The van der Waals surface area contributed by atoms with E-state index in [9.17, 15) is 9.59 Å². The van der Waals surface area contributed by atoms with E-state index in [1.165, 1.54) is 11.3 Å². The lowest BCUT2D eigenvalue weighted by molar-refractivity contribution is -0.139. The number of rotatable bonds is 8. The van der Waals surface area contributed by atoms with Gasteiger partial charge in [0.05, 0.1) is 44.5 Å². The SMILES string of the molecule is C=CCOc1c(Br)cc(/C=c2\sc3n(c2=O)C(c2ccc(OC)cc2)C(C(=O)OCC)=C(C)N=3)cc1Br. The maximum Gasteiger partial charge on any atom is 0.338 e. The molecule has 0 radical (unpaired) electrons. The molecule has 1 aliphatic rings. The number of aromatic nitrogens is 1. The van der Waals surface area contributed by atoms with Gasteiger partial charge in [0.15, 0.2) is 4.80 Å². The monoisotopic (exact) mass is 646 g/mol. The van der Waals surface area contributed by atoms with Gasteiger partial charge in [0.1, 0.15) is 18.1 Å². The third-order valence-corrected chi connectivity index (χ3v) is 7.77. The number of esters is 1. The zero-order valence-electron chi connectivity index (χ0n) is 20.4. The number of carbonyl (C=O) groups excluding carboxylic acids is 1. The summed E-state index contributed by atoms with van der Waals surface area (Å²) in [6, 6.07) is 10.3. The van der Waals surface area contributed by atoms with Gasteiger partial charge < -0.3 is 14.2 Å². The Balaban J connectivity index is 1.88. The molecule has 1 aliphatic heterocycles. The number of halogens is 2. The lowest BCUT2D eigenvalue weighted by Gasteiger charge is -2.24. The van der Waals surface area contributed by atoms with Crippen molar-refractivity contribution in [3.05, 3.63) is 100 Å². The summed E-state index contributed by atoms with van der Waals surface area (Å²) in [7, 11) is 1.58. The van der Waals surface area contributed by atoms with Crippen molar-refractivity contribution < 1.29 is 19.0 Å². The summed E-state index contributed by atoms with van der Waals surface area (Å²) in [5.74, 6) is 0.820. The highest BCUT2D eigenvalue weighted by Crippen LogP contribution is 2.35. The van der Waals surface area contributed by atoms with Crippen LogP contribution in [0.3, 0.4) is 0 Å². The molecule has 1 atom stereocenters. The number of methoxy groups -OCH3 is 1. The smallest absolute Gasteiger partial charge is 0.338 e. The van der Waals surface area contributed by atoms with E-state index in [4.69, 9.17) is 14.2 Å². The van der Waals surface area contributed by atoms with Gasteiger partial charge in [0.2, 0.25) is 0 Å². The first-order chi connectivity index (χ1) is 17.8. The highest BCUT2D eigenvalue weighted by molar-refractivity contribution is 9.11. The molecular weight excluding hydrogens is 624 g/mol. The highest BCUT2D eigenvalue weighted by Gasteiger charge is 2.33. The summed E-state index contributed by atoms with van der Waals surface area (Å²) < 4.78 is 19.8. The van der Waals surface area contributed by atoms with Crippen molar-refractivity contribution in [3.63, 3.8) is 0 Å². The fourth-order valence-corrected chi connectivity index (χ4v) is 6.48. The highest BCUT2D eigenvalue weighted by atomic mass is 79.9. The number of fused-ring (bicyclic) bond motifs is 1. The number of hydrogen-bond donors (Lipinski definition) is 0. The molecule has 1 aromatic heterocycles. The fourth-order valence-electron chi connectivity index (χ4n) is 3.99. The molecule has 3 aromatic rings. The van der Waals surface area contributed by atoms with Crippen LogP contribution in [0.5, 0.6) is 11.5 Å². The quantitative estimate of drug-likeness (QED) is 0.257. The molecule has 2 aromatic carbocycles. The molecule has 0 spiro atoms. The summed E-state index contributed by atoms with van der Waals surface area (Å²) in [5.41, 5.74) is 2.14. The minimum Gasteiger partial charge on any atom is -0.497 e. The van der Waals surface area contributed by atoms with Crippen molar-refractivity contribution in [2.75, 3.05) is 20.3 Å². The maximum absolute atomic E-state index is 13.8. The molecular formula is C27H24Br2N2O5S. The number of thiazole rings is 1. The summed E-state index contributed by atoms with van der Waals surface area (Å²) in [4.78, 5) is 31.9. The lowest BCUT2D eigenvalue weighted by Crippen LogP contribution is -2.39. The van der Waals surface area contributed by atoms with Gasteiger partial charge in [-0.1, -0.05) is 36.1 Å². The first kappa shape index (κ1) is 27.1. The normalized spacial score (nSPS) is 15.2. The molecule has 37 heavy (non-hydrogen) atoms. The molecule has 0 saturated heterocycles. The van der Waals surface area contributed by atoms with E-state index >= 15 is 0 Å². The molecule has 4 rings (SSSR count). The molecule has 0 amide bonds. The second kappa shape index (κ2) is 11.6. The Kier molecular flexibility index (Phi) is 8.51. The van der Waals surface area contributed by atoms with Crippen LogP contribution in [0.4, 0.5) is 0 Å². The predicted octanol–water partition coefficient (Wildman–Crippen LogP) is 4.90. The van der Waals surface area contributed by atoms with Crippen LogP contribution in [0.15, 0.2) is 79.1 Å². The van der Waals surface area contributed by atoms with Gasteiger partial charge in [-0.05, 0) is 87.2 Å². The van der Waals surface area contributed by atoms with E-state index in [0.29, 0.717) is 38.7 Å². The van der Waals surface area contributed by atoms with E-state index in [0.717, 1.165) is 20.1 Å². The second-order valence-electron chi connectivity index (χ2n) is 7.99. The number of benzene rings is 2. The van der Waals surface area contributed by atoms with Crippen LogP contribution >= 0.6 is 43.2 Å². The van der Waals surface area contributed by atoms with Gasteiger partial charge in [-0.3, -0.25) is 9.36 Å². The Labute approximate surface area is 234 Å². The summed E-state index contributed by atoms with van der Waals surface area (Å²) >= 11 is 8.34. The number of carbonyl (C=O) groups is 1. The Hall–Kier alpha value is -2.95. The fraction of sp³-hybridized carbons (Fsp3) is 0.222. The van der Waals surface area contributed by atoms with E-state index in [1.807, 2.05) is 24.3 Å². The standard InChI is InChI=1S/C27H24Br2N2O5S/c1-5-11-36-24-19(28)12-16(13-20(24)29)14-21-25(32)31-23(17-7-9-18(34-4)10-8-17)22(26(33)35-6-2)15(3)30-27(31)37-21/h5,7-10,12-14,23H,1,6,11H2,2-4H3/b21-14-. The Morgan fingerprint density at radius 3 is 2.49 bits per heavy atom. The molecule has 0 saturated carbocycles. The Morgan fingerprint density at radius 2 is 1.89 bits per heavy atom. The largest absolute Gasteiger partial charge is 0.497 e. The van der Waals surface area contributed by atoms with Crippen LogP contribution in [-0.2, 0) is 9.53 Å². The topological polar surface area (TPSA) is 79.1 Å². The van der Waals surface area contributed by atoms with Crippen molar-refractivity contribution in [3.8, 4) is 11.5 Å². The van der Waals surface area contributed by atoms with E-state index < -0.39 is 12.0 Å². The number of nitrogens with zero attached hydrogens (tertiary/aromatic N) is 2. The maximum atomic E-state index is 13.8. The average Bonchev–Trinajstić information content (AvgIpc) is 3.17. The summed E-state index contributed by atoms with van der Waals surface area (Å²) in [5, 5.41) is 0. The van der Waals surface area contributed by atoms with Gasteiger partial charge >= 0.3 is 5.97 Å². The molecule has 192 valence electrons. The molecule has 7 nitrogen and oxygen atoms in total. The van der Waals surface area contributed by atoms with Crippen molar-refractivity contribution in [1.29, 1.82) is 0 Å². The van der Waals surface area contributed by atoms with Crippen molar-refractivity contribution >= 4 is 55.2 Å². The number of allylic oxidation sites excluding steroid dienone is 1. The number of hydrogen-bond acceptors (Lipinski definition) is 7. The molecule has 0 fully saturated rings. The van der Waals surface area contributed by atoms with Gasteiger partial charge in [-0.15, -0.1) is 0 Å². The second-order valence-corrected chi connectivity index (χ2v) is 10.7. The third-order valence-electron chi connectivity index (χ3n) is 5.61. The van der Waals surface area contributed by atoms with Crippen LogP contribution in [-0.4, -0.2) is 30.9 Å². The lowest BCUT2D eigenvalue weighted by atomic mass is 9.96. The van der Waals surface area contributed by atoms with Crippen molar-refractivity contribution in [2.45, 2.75) is 19.9 Å². The van der Waals surface area contributed by atoms with Crippen LogP contribution in [0.1, 0.15) is 31.0 Å². The van der Waals surface area contributed by atoms with E-state index in [1.54, 1.807) is 49.8 Å². The summed E-state index contributed by atoms with van der Waals surface area (Å²) in [6.07, 6.45) is 3.46. The zero-order chi connectivity index (χ0) is 26.7. The summed E-state index contributed by atoms with van der Waals surface area (Å²) in [6.45, 7) is 7.76. The van der Waals surface area contributed by atoms with Gasteiger partial charge in [0, 0.05) is 0 Å². The minimum atomic E-state index is -0.684. The van der Waals surface area contributed by atoms with Crippen LogP contribution in [0, 0.1) is 0 Å². The van der Waals surface area contributed by atoms with Crippen LogP contribution in [0.25, 0.3) is 6.08 Å². The van der Waals surface area contributed by atoms with Gasteiger partial charge in [0.25, 0.3) is 5.56 Å².